The van der Waals surface area contributed by atoms with Gasteiger partial charge in [0.25, 0.3) is 10.3 Å². The van der Waals surface area contributed by atoms with Crippen LogP contribution in [0.2, 0.25) is 0 Å². The molecule has 2 nitrogen and oxygen atoms in total. The molecule has 0 aromatic carbocycles. The maximum absolute atomic E-state index is 8.88. The summed E-state index contributed by atoms with van der Waals surface area (Å²) in [6.07, 6.45) is 1.75. The van der Waals surface area contributed by atoms with Crippen molar-refractivity contribution in [2.24, 2.45) is 0 Å². The Hall–Kier alpha value is 0.140. The first-order valence-electron chi connectivity index (χ1n) is 1.49. The summed E-state index contributed by atoms with van der Waals surface area (Å²) < 4.78 is 16.2. The maximum atomic E-state index is 8.88. The number of halogens is 1. The van der Waals surface area contributed by atoms with Crippen molar-refractivity contribution in [1.82, 2.24) is 0 Å². The molecular weight excluding hydrogens is 136 g/mol. The second-order valence-corrected chi connectivity index (χ2v) is 1.82. The van der Waals surface area contributed by atoms with Crippen LogP contribution in [-0.2, 0) is 10.3 Å². The van der Waals surface area contributed by atoms with E-state index >= 15 is 0 Å². The van der Waals surface area contributed by atoms with Crippen LogP contribution in [-0.4, -0.2) is 8.76 Å². The van der Waals surface area contributed by atoms with Gasteiger partial charge in [-0.05, 0) is 6.92 Å². The Bertz CT molecular complexity index is 60.0. The molecule has 0 aromatic heterocycles. The quantitative estimate of drug-likeness (QED) is 0.317. The monoisotopic (exact) mass is 142 g/mol. The highest BCUT2D eigenvalue weighted by Gasteiger charge is 1.65. The van der Waals surface area contributed by atoms with Gasteiger partial charge in [-0.1, -0.05) is 6.08 Å². The van der Waals surface area contributed by atoms with Crippen molar-refractivity contribution in [2.45, 2.75) is 6.92 Å². The number of allylic oxidation sites excluding steroid dienone is 1. The predicted octanol–water partition coefficient (Wildman–Crippen LogP) is 1.55. The van der Waals surface area contributed by atoms with E-state index in [-0.39, 0.29) is 0 Å². The van der Waals surface area contributed by atoms with E-state index in [1.165, 1.54) is 0 Å². The number of hydrogen-bond donors (Lipinski definition) is 1. The predicted molar refractivity (Wildman–Crippen MR) is 32.5 cm³/mol. The number of hydrogen-bond acceptors (Lipinski definition) is 1. The van der Waals surface area contributed by atoms with Crippen molar-refractivity contribution in [2.75, 3.05) is 0 Å². The first-order chi connectivity index (χ1) is 3.15. The van der Waals surface area contributed by atoms with Gasteiger partial charge in [-0.3, -0.25) is 4.55 Å². The van der Waals surface area contributed by atoms with E-state index in [1.807, 2.05) is 6.92 Å². The van der Waals surface area contributed by atoms with Crippen LogP contribution < -0.4 is 0 Å². The molecule has 0 spiro atoms. The molecule has 0 amide bonds. The van der Waals surface area contributed by atoms with E-state index < -0.39 is 10.3 Å². The number of rotatable bonds is 0. The van der Waals surface area contributed by atoms with Gasteiger partial charge >= 0.3 is 0 Å². The Morgan fingerprint density at radius 3 is 2.00 bits per heavy atom. The lowest BCUT2D eigenvalue weighted by Gasteiger charge is -1.55. The molecule has 0 radical (unpaired) electrons. The molecule has 0 saturated heterocycles. The van der Waals surface area contributed by atoms with Gasteiger partial charge in [-0.25, -0.2) is 4.21 Å². The fourth-order valence-electron chi connectivity index (χ4n) is 0. The van der Waals surface area contributed by atoms with Crippen molar-refractivity contribution in [1.29, 1.82) is 0 Å². The summed E-state index contributed by atoms with van der Waals surface area (Å²) in [6.45, 7) is 5.25. The molecule has 0 aliphatic rings. The van der Waals surface area contributed by atoms with Crippen LogP contribution in [0.3, 0.4) is 0 Å². The lowest BCUT2D eigenvalue weighted by Crippen LogP contribution is -1.60. The fourth-order valence-corrected chi connectivity index (χ4v) is 0. The molecule has 0 heterocycles. The normalized spacial score (nSPS) is 10.7. The third-order valence-electron chi connectivity index (χ3n) is 0. The summed E-state index contributed by atoms with van der Waals surface area (Å²) in [5.74, 6) is 0. The largest absolute Gasteiger partial charge is 0.294 e. The molecule has 1 unspecified atom stereocenters. The van der Waals surface area contributed by atoms with E-state index in [4.69, 9.17) is 8.76 Å². The Balaban J connectivity index is 0. The van der Waals surface area contributed by atoms with Gasteiger partial charge in [0, 0.05) is 10.7 Å². The van der Waals surface area contributed by atoms with Gasteiger partial charge in [0.1, 0.15) is 0 Å². The molecule has 0 bridgehead atoms. The Kier molecular flexibility index (Phi) is 13.8. The molecular formula is C3H7ClO2S. The van der Waals surface area contributed by atoms with Crippen LogP contribution in [0, 0.1) is 0 Å². The zero-order valence-corrected chi connectivity index (χ0v) is 5.50. The summed E-state index contributed by atoms with van der Waals surface area (Å²) in [4.78, 5) is 0. The van der Waals surface area contributed by atoms with E-state index in [1.54, 1.807) is 6.08 Å². The molecule has 44 valence electrons. The second-order valence-electron chi connectivity index (χ2n) is 0.615. The molecule has 1 atom stereocenters. The van der Waals surface area contributed by atoms with E-state index in [0.29, 0.717) is 0 Å². The molecule has 4 heteroatoms. The van der Waals surface area contributed by atoms with Gasteiger partial charge in [-0.15, -0.1) is 6.58 Å². The van der Waals surface area contributed by atoms with Crippen LogP contribution in [0.5, 0.6) is 0 Å². The minimum Gasteiger partial charge on any atom is -0.294 e. The Labute approximate surface area is 50.0 Å². The molecule has 0 aliphatic heterocycles. The van der Waals surface area contributed by atoms with Crippen molar-refractivity contribution in [3.63, 3.8) is 0 Å². The van der Waals surface area contributed by atoms with Crippen molar-refractivity contribution >= 4 is 21.0 Å². The fraction of sp³-hybridized carbons (Fsp3) is 0.333. The van der Waals surface area contributed by atoms with Gasteiger partial charge in [0.2, 0.25) is 0 Å². The third kappa shape index (κ3) is 5370. The molecule has 0 aliphatic carbocycles. The van der Waals surface area contributed by atoms with Crippen molar-refractivity contribution < 1.29 is 8.76 Å². The molecule has 0 saturated carbocycles. The highest BCUT2D eigenvalue weighted by molar-refractivity contribution is 8.03. The van der Waals surface area contributed by atoms with Crippen molar-refractivity contribution in [3.05, 3.63) is 12.7 Å². The standard InChI is InChI=1S/C3H6.ClHO2S/c1-3-2;1-4(2)3/h3H,1H2,2H3;(H,2,3). The average molecular weight is 143 g/mol. The van der Waals surface area contributed by atoms with Gasteiger partial charge in [0.05, 0.1) is 0 Å². The van der Waals surface area contributed by atoms with Gasteiger partial charge < -0.3 is 0 Å². The first-order valence-corrected chi connectivity index (χ1v) is 3.42. The highest BCUT2D eigenvalue weighted by Crippen LogP contribution is 1.72. The zero-order chi connectivity index (χ0) is 6.28. The first kappa shape index (κ1) is 10.2. The molecule has 1 N–H and O–H groups in total. The lowest BCUT2D eigenvalue weighted by atomic mass is 10.8. The van der Waals surface area contributed by atoms with E-state index in [9.17, 15) is 0 Å². The Morgan fingerprint density at radius 1 is 2.00 bits per heavy atom. The minimum atomic E-state index is -2.14. The van der Waals surface area contributed by atoms with Crippen molar-refractivity contribution in [3.8, 4) is 0 Å². The molecule has 0 rings (SSSR count). The van der Waals surface area contributed by atoms with E-state index in [2.05, 4.69) is 17.3 Å². The third-order valence-corrected chi connectivity index (χ3v) is 0. The highest BCUT2D eigenvalue weighted by atomic mass is 35.7. The van der Waals surface area contributed by atoms with Crippen LogP contribution >= 0.6 is 10.7 Å². The van der Waals surface area contributed by atoms with Gasteiger partial charge in [0.15, 0.2) is 0 Å². The summed E-state index contributed by atoms with van der Waals surface area (Å²) >= 11 is 0. The zero-order valence-electron chi connectivity index (χ0n) is 3.93. The van der Waals surface area contributed by atoms with E-state index in [0.717, 1.165) is 0 Å². The average Bonchev–Trinajstić information content (AvgIpc) is 1.33. The minimum absolute atomic E-state index is 1.75. The summed E-state index contributed by atoms with van der Waals surface area (Å²) in [5.41, 5.74) is 0. The second kappa shape index (κ2) is 9.46. The summed E-state index contributed by atoms with van der Waals surface area (Å²) in [6, 6.07) is 0. The lowest BCUT2D eigenvalue weighted by molar-refractivity contribution is 0.580. The van der Waals surface area contributed by atoms with Crippen LogP contribution in [0.25, 0.3) is 0 Å². The van der Waals surface area contributed by atoms with Crippen LogP contribution in [0.15, 0.2) is 12.7 Å². The maximum Gasteiger partial charge on any atom is 0.253 e. The summed E-state index contributed by atoms with van der Waals surface area (Å²) in [5, 5.41) is 0. The molecule has 0 aromatic rings. The van der Waals surface area contributed by atoms with Crippen LogP contribution in [0.1, 0.15) is 6.92 Å². The molecule has 0 fully saturated rings. The van der Waals surface area contributed by atoms with Gasteiger partial charge in [-0.2, -0.15) is 0 Å². The molecule has 7 heavy (non-hydrogen) atoms. The Morgan fingerprint density at radius 2 is 2.00 bits per heavy atom. The smallest absolute Gasteiger partial charge is 0.253 e. The van der Waals surface area contributed by atoms with Crippen LogP contribution in [0.4, 0.5) is 0 Å². The summed E-state index contributed by atoms with van der Waals surface area (Å²) in [7, 11) is 2.16. The topological polar surface area (TPSA) is 37.3 Å². The SMILES string of the molecule is C=CC.O=S(O)Cl.